The van der Waals surface area contributed by atoms with E-state index in [4.69, 9.17) is 4.74 Å². The molecule has 1 atom stereocenters. The minimum Gasteiger partial charge on any atom is -0.469 e. The first kappa shape index (κ1) is 15.2. The lowest BCUT2D eigenvalue weighted by Gasteiger charge is -2.12. The Morgan fingerprint density at radius 3 is 2.44 bits per heavy atom. The number of carbonyl (C=O) groups excluding carboxylic acids is 1. The third-order valence-corrected chi connectivity index (χ3v) is 2.75. The molecule has 0 aliphatic heterocycles. The molecule has 0 N–H and O–H groups in total. The molecule has 2 heteroatoms. The van der Waals surface area contributed by atoms with Crippen molar-refractivity contribution in [3.05, 3.63) is 11.6 Å². The third-order valence-electron chi connectivity index (χ3n) is 2.75. The molecule has 0 bridgehead atoms. The van der Waals surface area contributed by atoms with Crippen LogP contribution in [0, 0.1) is 5.92 Å². The summed E-state index contributed by atoms with van der Waals surface area (Å²) < 4.78 is 4.83. The van der Waals surface area contributed by atoms with Gasteiger partial charge in [0.2, 0.25) is 0 Å². The average Bonchev–Trinajstić information content (AvgIpc) is 2.27. The average molecular weight is 226 g/mol. The molecule has 0 aliphatic rings. The van der Waals surface area contributed by atoms with Crippen LogP contribution < -0.4 is 0 Å². The van der Waals surface area contributed by atoms with Crippen LogP contribution in [0.1, 0.15) is 59.3 Å². The minimum atomic E-state index is -0.0611. The summed E-state index contributed by atoms with van der Waals surface area (Å²) in [5.41, 5.74) is 1.27. The van der Waals surface area contributed by atoms with Crippen LogP contribution in [-0.2, 0) is 9.53 Å². The second-order valence-electron chi connectivity index (χ2n) is 4.59. The lowest BCUT2D eigenvalue weighted by atomic mass is 9.96. The van der Waals surface area contributed by atoms with E-state index in [2.05, 4.69) is 26.8 Å². The van der Waals surface area contributed by atoms with Crippen molar-refractivity contribution < 1.29 is 9.53 Å². The van der Waals surface area contributed by atoms with Crippen molar-refractivity contribution in [2.45, 2.75) is 59.3 Å². The van der Waals surface area contributed by atoms with Crippen molar-refractivity contribution in [1.29, 1.82) is 0 Å². The second kappa shape index (κ2) is 9.44. The fourth-order valence-corrected chi connectivity index (χ4v) is 1.69. The Kier molecular flexibility index (Phi) is 8.97. The van der Waals surface area contributed by atoms with E-state index in [-0.39, 0.29) is 11.9 Å². The van der Waals surface area contributed by atoms with Gasteiger partial charge in [-0.2, -0.15) is 0 Å². The molecule has 0 aromatic rings. The van der Waals surface area contributed by atoms with E-state index < -0.39 is 0 Å². The number of esters is 1. The molecule has 0 fully saturated rings. The van der Waals surface area contributed by atoms with Gasteiger partial charge >= 0.3 is 5.97 Å². The maximum Gasteiger partial charge on any atom is 0.308 e. The Morgan fingerprint density at radius 1 is 1.25 bits per heavy atom. The molecule has 1 unspecified atom stereocenters. The van der Waals surface area contributed by atoms with Gasteiger partial charge in [-0.25, -0.2) is 0 Å². The van der Waals surface area contributed by atoms with Crippen molar-refractivity contribution in [3.8, 4) is 0 Å². The Labute approximate surface area is 100 Å². The van der Waals surface area contributed by atoms with Gasteiger partial charge in [-0.1, -0.05) is 44.3 Å². The van der Waals surface area contributed by atoms with Crippen LogP contribution in [0.15, 0.2) is 11.6 Å². The lowest BCUT2D eigenvalue weighted by Crippen LogP contribution is -2.15. The maximum absolute atomic E-state index is 11.5. The molecule has 0 radical (unpaired) electrons. The number of unbranched alkanes of at least 4 members (excludes halogenated alkanes) is 3. The molecule has 0 rings (SSSR count). The number of hydrogen-bond acceptors (Lipinski definition) is 2. The predicted molar refractivity (Wildman–Crippen MR) is 68.3 cm³/mol. The van der Waals surface area contributed by atoms with Gasteiger partial charge < -0.3 is 4.74 Å². The van der Waals surface area contributed by atoms with Gasteiger partial charge in [0.1, 0.15) is 0 Å². The molecular formula is C14H26O2. The first-order valence-electron chi connectivity index (χ1n) is 6.33. The fraction of sp³-hybridized carbons (Fsp3) is 0.786. The van der Waals surface area contributed by atoms with E-state index in [9.17, 15) is 4.79 Å². The van der Waals surface area contributed by atoms with Crippen LogP contribution in [0.2, 0.25) is 0 Å². The molecule has 94 valence electrons. The van der Waals surface area contributed by atoms with Crippen molar-refractivity contribution >= 4 is 5.97 Å². The van der Waals surface area contributed by atoms with Gasteiger partial charge in [0.25, 0.3) is 0 Å². The largest absolute Gasteiger partial charge is 0.469 e. The molecule has 16 heavy (non-hydrogen) atoms. The maximum atomic E-state index is 11.5. The van der Waals surface area contributed by atoms with Crippen molar-refractivity contribution in [2.24, 2.45) is 5.92 Å². The number of ether oxygens (including phenoxy) is 1. The smallest absolute Gasteiger partial charge is 0.308 e. The van der Waals surface area contributed by atoms with Crippen molar-refractivity contribution in [3.63, 3.8) is 0 Å². The summed E-state index contributed by atoms with van der Waals surface area (Å²) >= 11 is 0. The predicted octanol–water partition coefficient (Wildman–Crippen LogP) is 4.10. The van der Waals surface area contributed by atoms with Crippen LogP contribution >= 0.6 is 0 Å². The summed E-state index contributed by atoms with van der Waals surface area (Å²) in [4.78, 5) is 11.5. The molecule has 2 nitrogen and oxygen atoms in total. The van der Waals surface area contributed by atoms with Crippen LogP contribution in [0.25, 0.3) is 0 Å². The van der Waals surface area contributed by atoms with Crippen LogP contribution in [0.3, 0.4) is 0 Å². The van der Waals surface area contributed by atoms with Gasteiger partial charge in [-0.15, -0.1) is 0 Å². The molecule has 0 spiro atoms. The van der Waals surface area contributed by atoms with Gasteiger partial charge in [0, 0.05) is 0 Å². The second-order valence-corrected chi connectivity index (χ2v) is 4.59. The topological polar surface area (TPSA) is 26.3 Å². The highest BCUT2D eigenvalue weighted by Gasteiger charge is 2.16. The highest BCUT2D eigenvalue weighted by molar-refractivity contribution is 5.72. The molecule has 0 heterocycles. The number of allylic oxidation sites excluding steroid dienone is 2. The first-order chi connectivity index (χ1) is 7.61. The summed E-state index contributed by atoms with van der Waals surface area (Å²) in [5, 5.41) is 0. The van der Waals surface area contributed by atoms with E-state index in [1.54, 1.807) is 0 Å². The summed E-state index contributed by atoms with van der Waals surface area (Å²) in [6.45, 7) is 6.32. The number of hydrogen-bond donors (Lipinski definition) is 0. The molecular weight excluding hydrogens is 200 g/mol. The summed E-state index contributed by atoms with van der Waals surface area (Å²) in [6, 6.07) is 0. The summed E-state index contributed by atoms with van der Waals surface area (Å²) in [6.07, 6.45) is 8.75. The molecule has 0 saturated carbocycles. The normalized spacial score (nSPS) is 12.0. The van der Waals surface area contributed by atoms with E-state index in [1.807, 2.05) is 0 Å². The third kappa shape index (κ3) is 7.49. The fourth-order valence-electron chi connectivity index (χ4n) is 1.69. The summed E-state index contributed by atoms with van der Waals surface area (Å²) in [5.74, 6) is -0.00856. The Balaban J connectivity index is 4.01. The minimum absolute atomic E-state index is 0.0526. The van der Waals surface area contributed by atoms with Crippen LogP contribution in [0.4, 0.5) is 0 Å². The number of rotatable bonds is 8. The molecule has 0 amide bonds. The standard InChI is InChI=1S/C14H26O2/c1-5-6-7-8-9-13(14(15)16-4)11-10-12(2)3/h10,13H,5-9,11H2,1-4H3. The van der Waals surface area contributed by atoms with Crippen molar-refractivity contribution in [2.75, 3.05) is 7.11 Å². The zero-order valence-corrected chi connectivity index (χ0v) is 11.2. The molecule has 0 saturated heterocycles. The zero-order valence-electron chi connectivity index (χ0n) is 11.2. The van der Waals surface area contributed by atoms with Crippen LogP contribution in [-0.4, -0.2) is 13.1 Å². The highest BCUT2D eigenvalue weighted by Crippen LogP contribution is 2.17. The van der Waals surface area contributed by atoms with Gasteiger partial charge in [-0.05, 0) is 26.7 Å². The monoisotopic (exact) mass is 226 g/mol. The Bertz CT molecular complexity index is 215. The van der Waals surface area contributed by atoms with Gasteiger partial charge in [0.15, 0.2) is 0 Å². The number of carbonyl (C=O) groups is 1. The van der Waals surface area contributed by atoms with E-state index >= 15 is 0 Å². The number of methoxy groups -OCH3 is 1. The van der Waals surface area contributed by atoms with Crippen LogP contribution in [0.5, 0.6) is 0 Å². The Hall–Kier alpha value is -0.790. The summed E-state index contributed by atoms with van der Waals surface area (Å²) in [7, 11) is 1.48. The zero-order chi connectivity index (χ0) is 12.4. The first-order valence-corrected chi connectivity index (χ1v) is 6.33. The molecule has 0 aromatic carbocycles. The lowest BCUT2D eigenvalue weighted by molar-refractivity contribution is -0.145. The SMILES string of the molecule is CCCCCCC(CC=C(C)C)C(=O)OC. The van der Waals surface area contributed by atoms with E-state index in [0.29, 0.717) is 0 Å². The van der Waals surface area contributed by atoms with E-state index in [1.165, 1.54) is 31.9 Å². The molecule has 0 aromatic heterocycles. The van der Waals surface area contributed by atoms with Gasteiger partial charge in [-0.3, -0.25) is 4.79 Å². The quantitative estimate of drug-likeness (QED) is 0.354. The highest BCUT2D eigenvalue weighted by atomic mass is 16.5. The van der Waals surface area contributed by atoms with Crippen molar-refractivity contribution in [1.82, 2.24) is 0 Å². The van der Waals surface area contributed by atoms with Gasteiger partial charge in [0.05, 0.1) is 13.0 Å². The molecule has 0 aliphatic carbocycles. The Morgan fingerprint density at radius 2 is 1.94 bits per heavy atom. The van der Waals surface area contributed by atoms with E-state index in [0.717, 1.165) is 19.3 Å².